The third kappa shape index (κ3) is 4.19. The Bertz CT molecular complexity index is 553. The zero-order chi connectivity index (χ0) is 14.8. The molecule has 1 aliphatic rings. The van der Waals surface area contributed by atoms with Gasteiger partial charge in [-0.1, -0.05) is 12.1 Å². The molecular formula is C14H23N3O2S. The molecule has 1 aromatic rings. The minimum atomic E-state index is -3.43. The molecule has 2 N–H and O–H groups in total. The molecule has 6 heteroatoms. The first-order chi connectivity index (χ1) is 9.38. The summed E-state index contributed by atoms with van der Waals surface area (Å²) in [6, 6.07) is 7.35. The van der Waals surface area contributed by atoms with E-state index in [2.05, 4.69) is 14.9 Å². The van der Waals surface area contributed by atoms with Crippen LogP contribution >= 0.6 is 0 Å². The van der Waals surface area contributed by atoms with Gasteiger partial charge in [-0.15, -0.1) is 0 Å². The van der Waals surface area contributed by atoms with Crippen LogP contribution in [0.2, 0.25) is 0 Å². The van der Waals surface area contributed by atoms with Crippen LogP contribution in [-0.4, -0.2) is 46.0 Å². The van der Waals surface area contributed by atoms with Crippen molar-refractivity contribution >= 4 is 15.7 Å². The van der Waals surface area contributed by atoms with E-state index in [0.29, 0.717) is 10.6 Å². The molecule has 1 unspecified atom stereocenters. The predicted molar refractivity (Wildman–Crippen MR) is 81.4 cm³/mol. The Hall–Kier alpha value is -1.11. The zero-order valence-electron chi connectivity index (χ0n) is 12.3. The summed E-state index contributed by atoms with van der Waals surface area (Å²) in [7, 11) is 0.563. The van der Waals surface area contributed by atoms with Crippen LogP contribution in [0.5, 0.6) is 0 Å². The Morgan fingerprint density at radius 2 is 1.95 bits per heavy atom. The van der Waals surface area contributed by atoms with Crippen molar-refractivity contribution in [3.63, 3.8) is 0 Å². The molecule has 0 bridgehead atoms. The number of hydrogen-bond donors (Lipinski definition) is 2. The van der Waals surface area contributed by atoms with Crippen LogP contribution in [-0.2, 0) is 10.0 Å². The Balaban J connectivity index is 2.17. The van der Waals surface area contributed by atoms with Crippen LogP contribution in [0.4, 0.5) is 5.69 Å². The van der Waals surface area contributed by atoms with Gasteiger partial charge in [0.1, 0.15) is 4.90 Å². The SMILES string of the molecule is CC(CN(C)C)Nc1ccccc1S(=O)(=O)NC1CC1. The number of nitrogens with zero attached hydrogens (tertiary/aromatic N) is 1. The van der Waals surface area contributed by atoms with Crippen molar-refractivity contribution in [3.8, 4) is 0 Å². The summed E-state index contributed by atoms with van der Waals surface area (Å²) in [5, 5.41) is 3.28. The molecule has 20 heavy (non-hydrogen) atoms. The first-order valence-electron chi connectivity index (χ1n) is 6.91. The number of para-hydroxylation sites is 1. The van der Waals surface area contributed by atoms with Gasteiger partial charge >= 0.3 is 0 Å². The van der Waals surface area contributed by atoms with E-state index in [0.717, 1.165) is 19.4 Å². The lowest BCUT2D eigenvalue weighted by atomic mass is 10.2. The van der Waals surface area contributed by atoms with Gasteiger partial charge in [0.15, 0.2) is 0 Å². The summed E-state index contributed by atoms with van der Waals surface area (Å²) in [6.45, 7) is 2.88. The minimum absolute atomic E-state index is 0.118. The molecule has 0 aromatic heterocycles. The van der Waals surface area contributed by atoms with Crippen LogP contribution in [0.3, 0.4) is 0 Å². The van der Waals surface area contributed by atoms with E-state index in [4.69, 9.17) is 0 Å². The lowest BCUT2D eigenvalue weighted by Crippen LogP contribution is -2.31. The van der Waals surface area contributed by atoms with E-state index in [9.17, 15) is 8.42 Å². The van der Waals surface area contributed by atoms with E-state index in [1.54, 1.807) is 12.1 Å². The summed E-state index contributed by atoms with van der Waals surface area (Å²) < 4.78 is 27.4. The molecule has 2 rings (SSSR count). The zero-order valence-corrected chi connectivity index (χ0v) is 13.1. The fraction of sp³-hybridized carbons (Fsp3) is 0.571. The van der Waals surface area contributed by atoms with Gasteiger partial charge in [-0.25, -0.2) is 13.1 Å². The second-order valence-corrected chi connectivity index (χ2v) is 7.38. The highest BCUT2D eigenvalue weighted by atomic mass is 32.2. The first kappa shape index (κ1) is 15.3. The van der Waals surface area contributed by atoms with Crippen molar-refractivity contribution < 1.29 is 8.42 Å². The maximum Gasteiger partial charge on any atom is 0.242 e. The maximum absolute atomic E-state index is 12.3. The summed E-state index contributed by atoms with van der Waals surface area (Å²) in [4.78, 5) is 2.40. The third-order valence-electron chi connectivity index (χ3n) is 3.12. The first-order valence-corrected chi connectivity index (χ1v) is 8.39. The fourth-order valence-corrected chi connectivity index (χ4v) is 3.64. The van der Waals surface area contributed by atoms with Crippen molar-refractivity contribution in [2.24, 2.45) is 0 Å². The molecule has 5 nitrogen and oxygen atoms in total. The van der Waals surface area contributed by atoms with Gasteiger partial charge in [0.05, 0.1) is 5.69 Å². The Morgan fingerprint density at radius 1 is 1.30 bits per heavy atom. The predicted octanol–water partition coefficient (Wildman–Crippen LogP) is 1.49. The van der Waals surface area contributed by atoms with Crippen LogP contribution in [0.1, 0.15) is 19.8 Å². The highest BCUT2D eigenvalue weighted by molar-refractivity contribution is 7.89. The highest BCUT2D eigenvalue weighted by Gasteiger charge is 2.29. The lowest BCUT2D eigenvalue weighted by Gasteiger charge is -2.21. The van der Waals surface area contributed by atoms with Crippen LogP contribution in [0.25, 0.3) is 0 Å². The second-order valence-electron chi connectivity index (χ2n) is 5.70. The van der Waals surface area contributed by atoms with Crippen LogP contribution in [0.15, 0.2) is 29.2 Å². The topological polar surface area (TPSA) is 61.4 Å². The summed E-state index contributed by atoms with van der Waals surface area (Å²) in [5.41, 5.74) is 0.662. The van der Waals surface area contributed by atoms with Crippen molar-refractivity contribution in [2.75, 3.05) is 26.0 Å². The van der Waals surface area contributed by atoms with Crippen molar-refractivity contribution in [2.45, 2.75) is 36.7 Å². The maximum atomic E-state index is 12.3. The number of benzene rings is 1. The van der Waals surface area contributed by atoms with Crippen LogP contribution in [0, 0.1) is 0 Å². The van der Waals surface area contributed by atoms with Gasteiger partial charge < -0.3 is 10.2 Å². The van der Waals surface area contributed by atoms with E-state index < -0.39 is 10.0 Å². The van der Waals surface area contributed by atoms with E-state index in [1.807, 2.05) is 33.2 Å². The van der Waals surface area contributed by atoms with Gasteiger partial charge in [-0.05, 0) is 46.0 Å². The molecule has 1 aromatic carbocycles. The molecule has 1 fully saturated rings. The van der Waals surface area contributed by atoms with Gasteiger partial charge in [0.25, 0.3) is 0 Å². The number of sulfonamides is 1. The van der Waals surface area contributed by atoms with Crippen molar-refractivity contribution in [1.82, 2.24) is 9.62 Å². The molecule has 0 saturated heterocycles. The Labute approximate surface area is 121 Å². The summed E-state index contributed by atoms with van der Waals surface area (Å²) in [5.74, 6) is 0. The van der Waals surface area contributed by atoms with Crippen molar-refractivity contribution in [1.29, 1.82) is 0 Å². The normalized spacial score (nSPS) is 17.2. The highest BCUT2D eigenvalue weighted by Crippen LogP contribution is 2.26. The molecule has 112 valence electrons. The molecule has 0 aliphatic heterocycles. The number of nitrogens with one attached hydrogen (secondary N) is 2. The monoisotopic (exact) mass is 297 g/mol. The van der Waals surface area contributed by atoms with Crippen molar-refractivity contribution in [3.05, 3.63) is 24.3 Å². The molecule has 1 saturated carbocycles. The van der Waals surface area contributed by atoms with Gasteiger partial charge in [-0.3, -0.25) is 0 Å². The molecule has 0 spiro atoms. The molecule has 1 atom stereocenters. The Kier molecular flexibility index (Phi) is 4.67. The molecule has 0 heterocycles. The van der Waals surface area contributed by atoms with Gasteiger partial charge in [-0.2, -0.15) is 0 Å². The van der Waals surface area contributed by atoms with E-state index in [-0.39, 0.29) is 12.1 Å². The number of anilines is 1. The fourth-order valence-electron chi connectivity index (χ4n) is 2.16. The third-order valence-corrected chi connectivity index (χ3v) is 4.70. The molecule has 0 amide bonds. The number of likely N-dealkylation sites (N-methyl/N-ethyl adjacent to an activating group) is 1. The standard InChI is InChI=1S/C14H23N3O2S/c1-11(10-17(2)3)15-13-6-4-5-7-14(13)20(18,19)16-12-8-9-12/h4-7,11-12,15-16H,8-10H2,1-3H3. The largest absolute Gasteiger partial charge is 0.380 e. The number of rotatable bonds is 7. The summed E-state index contributed by atoms with van der Waals surface area (Å²) in [6.07, 6.45) is 1.87. The smallest absolute Gasteiger partial charge is 0.242 e. The lowest BCUT2D eigenvalue weighted by molar-refractivity contribution is 0.392. The average molecular weight is 297 g/mol. The minimum Gasteiger partial charge on any atom is -0.380 e. The quantitative estimate of drug-likeness (QED) is 0.800. The van der Waals surface area contributed by atoms with Crippen LogP contribution < -0.4 is 10.0 Å². The number of hydrogen-bond acceptors (Lipinski definition) is 4. The Morgan fingerprint density at radius 3 is 2.55 bits per heavy atom. The molecule has 1 aliphatic carbocycles. The second kappa shape index (κ2) is 6.11. The molecular weight excluding hydrogens is 274 g/mol. The average Bonchev–Trinajstić information content (AvgIpc) is 3.11. The van der Waals surface area contributed by atoms with E-state index >= 15 is 0 Å². The molecule has 0 radical (unpaired) electrons. The van der Waals surface area contributed by atoms with Gasteiger partial charge in [0, 0.05) is 18.6 Å². The van der Waals surface area contributed by atoms with E-state index in [1.165, 1.54) is 0 Å². The van der Waals surface area contributed by atoms with Gasteiger partial charge in [0.2, 0.25) is 10.0 Å². The summed E-state index contributed by atoms with van der Waals surface area (Å²) >= 11 is 0.